The molecule has 65 heavy (non-hydrogen) atoms. The Bertz CT molecular complexity index is 1310. The largest absolute Gasteiger partial charge is 0.462 e. The van der Waals surface area contributed by atoms with Gasteiger partial charge in [0.1, 0.15) is 13.2 Å². The lowest BCUT2D eigenvalue weighted by molar-refractivity contribution is -0.167. The van der Waals surface area contributed by atoms with Crippen molar-refractivity contribution in [2.24, 2.45) is 0 Å². The molecule has 0 rings (SSSR count). The van der Waals surface area contributed by atoms with E-state index in [1.54, 1.807) is 0 Å². The van der Waals surface area contributed by atoms with Crippen LogP contribution in [0.25, 0.3) is 0 Å². The molecule has 0 aromatic rings. The smallest absolute Gasteiger partial charge is 0.306 e. The highest BCUT2D eigenvalue weighted by molar-refractivity contribution is 5.71. The van der Waals surface area contributed by atoms with Gasteiger partial charge in [-0.05, 0) is 57.8 Å². The fourth-order valence-corrected chi connectivity index (χ4v) is 7.24. The summed E-state index contributed by atoms with van der Waals surface area (Å²) in [5.41, 5.74) is 0. The highest BCUT2D eigenvalue weighted by atomic mass is 16.6. The van der Waals surface area contributed by atoms with Crippen molar-refractivity contribution in [2.75, 3.05) is 13.2 Å². The van der Waals surface area contributed by atoms with Gasteiger partial charge in [-0.3, -0.25) is 14.4 Å². The molecule has 6 heteroatoms. The van der Waals surface area contributed by atoms with Crippen molar-refractivity contribution >= 4 is 17.9 Å². The predicted octanol–water partition coefficient (Wildman–Crippen LogP) is 17.8. The molecular weight excluding hydrogens is 805 g/mol. The van der Waals surface area contributed by atoms with Gasteiger partial charge >= 0.3 is 17.9 Å². The van der Waals surface area contributed by atoms with E-state index in [4.69, 9.17) is 14.2 Å². The van der Waals surface area contributed by atoms with E-state index in [-0.39, 0.29) is 37.5 Å². The lowest BCUT2D eigenvalue weighted by atomic mass is 10.0. The Morgan fingerprint density at radius 3 is 1.00 bits per heavy atom. The molecule has 1 unspecified atom stereocenters. The Hall–Kier alpha value is -3.67. The molecule has 0 aliphatic heterocycles. The van der Waals surface area contributed by atoms with Gasteiger partial charge in [0.25, 0.3) is 0 Å². The molecule has 0 saturated carbocycles. The van der Waals surface area contributed by atoms with Gasteiger partial charge < -0.3 is 14.2 Å². The number of hydrogen-bond donors (Lipinski definition) is 0. The number of carbonyl (C=O) groups excluding carboxylic acids is 3. The number of allylic oxidation sites excluding steroid dienone is 16. The highest BCUT2D eigenvalue weighted by Gasteiger charge is 2.19. The number of esters is 3. The SMILES string of the molecule is CC/C=C/C=C/C=C/C=C/C=C/CCCC(=O)OCC(COC(=O)CCCCCCC/C=C/C=C/C=C/CCCCCCC)OC(=O)CCCCCCCCCCCCCCCCCC. The summed E-state index contributed by atoms with van der Waals surface area (Å²) < 4.78 is 16.7. The van der Waals surface area contributed by atoms with Gasteiger partial charge in [-0.1, -0.05) is 259 Å². The first-order valence-electron chi connectivity index (χ1n) is 26.8. The lowest BCUT2D eigenvalue weighted by Crippen LogP contribution is -2.30. The number of hydrogen-bond acceptors (Lipinski definition) is 6. The van der Waals surface area contributed by atoms with Crippen LogP contribution < -0.4 is 0 Å². The topological polar surface area (TPSA) is 78.9 Å². The fourth-order valence-electron chi connectivity index (χ4n) is 7.24. The zero-order chi connectivity index (χ0) is 47.2. The summed E-state index contributed by atoms with van der Waals surface area (Å²) >= 11 is 0. The van der Waals surface area contributed by atoms with Crippen LogP contribution in [0.1, 0.15) is 239 Å². The summed E-state index contributed by atoms with van der Waals surface area (Å²) in [5.74, 6) is -1.00. The number of carbonyl (C=O) groups is 3. The summed E-state index contributed by atoms with van der Waals surface area (Å²) in [7, 11) is 0. The first-order chi connectivity index (χ1) is 32.0. The van der Waals surface area contributed by atoms with Crippen molar-refractivity contribution in [3.05, 3.63) is 97.2 Å². The second-order valence-electron chi connectivity index (χ2n) is 17.6. The minimum Gasteiger partial charge on any atom is -0.462 e. The van der Waals surface area contributed by atoms with Crippen LogP contribution in [0, 0.1) is 0 Å². The molecule has 0 aromatic heterocycles. The van der Waals surface area contributed by atoms with Crippen LogP contribution in [-0.2, 0) is 28.6 Å². The highest BCUT2D eigenvalue weighted by Crippen LogP contribution is 2.15. The third-order valence-corrected chi connectivity index (χ3v) is 11.3. The molecule has 6 nitrogen and oxygen atoms in total. The first kappa shape index (κ1) is 61.3. The van der Waals surface area contributed by atoms with E-state index in [1.165, 1.54) is 116 Å². The lowest BCUT2D eigenvalue weighted by Gasteiger charge is -2.18. The van der Waals surface area contributed by atoms with Crippen LogP contribution in [-0.4, -0.2) is 37.2 Å². The molecule has 0 amide bonds. The summed E-state index contributed by atoms with van der Waals surface area (Å²) in [6, 6.07) is 0. The Morgan fingerprint density at radius 1 is 0.323 bits per heavy atom. The molecule has 0 saturated heterocycles. The zero-order valence-electron chi connectivity index (χ0n) is 42.2. The minimum atomic E-state index is -0.814. The second kappa shape index (κ2) is 52.9. The van der Waals surface area contributed by atoms with Crippen LogP contribution in [0.15, 0.2) is 97.2 Å². The van der Waals surface area contributed by atoms with Gasteiger partial charge in [0.15, 0.2) is 6.10 Å². The van der Waals surface area contributed by atoms with Gasteiger partial charge in [-0.25, -0.2) is 0 Å². The van der Waals surface area contributed by atoms with Crippen molar-refractivity contribution in [3.8, 4) is 0 Å². The van der Waals surface area contributed by atoms with Crippen LogP contribution in [0.4, 0.5) is 0 Å². The maximum Gasteiger partial charge on any atom is 0.306 e. The maximum atomic E-state index is 12.8. The summed E-state index contributed by atoms with van der Waals surface area (Å²) in [4.78, 5) is 38.0. The van der Waals surface area contributed by atoms with Gasteiger partial charge in [-0.2, -0.15) is 0 Å². The second-order valence-corrected chi connectivity index (χ2v) is 17.6. The minimum absolute atomic E-state index is 0.110. The average Bonchev–Trinajstić information content (AvgIpc) is 3.30. The molecule has 0 radical (unpaired) electrons. The summed E-state index contributed by atoms with van der Waals surface area (Å²) in [6.07, 6.45) is 69.7. The average molecular weight is 903 g/mol. The third kappa shape index (κ3) is 51.2. The predicted molar refractivity (Wildman–Crippen MR) is 279 cm³/mol. The van der Waals surface area contributed by atoms with E-state index >= 15 is 0 Å². The van der Waals surface area contributed by atoms with E-state index in [2.05, 4.69) is 63.3 Å². The van der Waals surface area contributed by atoms with Crippen LogP contribution in [0.2, 0.25) is 0 Å². The number of unbranched alkanes of at least 4 members (excludes halogenated alkanes) is 26. The van der Waals surface area contributed by atoms with E-state index < -0.39 is 6.10 Å². The van der Waals surface area contributed by atoms with Crippen molar-refractivity contribution in [1.82, 2.24) is 0 Å². The van der Waals surface area contributed by atoms with Crippen LogP contribution in [0.3, 0.4) is 0 Å². The van der Waals surface area contributed by atoms with Crippen molar-refractivity contribution in [2.45, 2.75) is 245 Å². The van der Waals surface area contributed by atoms with Crippen molar-refractivity contribution < 1.29 is 28.6 Å². The van der Waals surface area contributed by atoms with Crippen LogP contribution >= 0.6 is 0 Å². The van der Waals surface area contributed by atoms with E-state index in [9.17, 15) is 14.4 Å². The van der Waals surface area contributed by atoms with E-state index in [1.807, 2.05) is 54.7 Å². The van der Waals surface area contributed by atoms with Gasteiger partial charge in [-0.15, -0.1) is 0 Å². The van der Waals surface area contributed by atoms with Gasteiger partial charge in [0.2, 0.25) is 0 Å². The van der Waals surface area contributed by atoms with Crippen molar-refractivity contribution in [3.63, 3.8) is 0 Å². The molecule has 0 bridgehead atoms. The molecule has 0 aliphatic carbocycles. The molecule has 0 heterocycles. The molecule has 0 fully saturated rings. The van der Waals surface area contributed by atoms with E-state index in [0.29, 0.717) is 19.3 Å². The summed E-state index contributed by atoms with van der Waals surface area (Å²) in [6.45, 7) is 6.40. The molecule has 370 valence electrons. The normalized spacial score (nSPS) is 12.8. The van der Waals surface area contributed by atoms with Gasteiger partial charge in [0, 0.05) is 19.3 Å². The van der Waals surface area contributed by atoms with Gasteiger partial charge in [0.05, 0.1) is 0 Å². The maximum absolute atomic E-state index is 12.8. The molecule has 0 N–H and O–H groups in total. The standard InChI is InChI=1S/C59H98O6/c1-4-7-10-13-16-19-22-25-27-29-30-32-34-37-40-43-46-49-52-58(61)64-55-56(54-63-57(60)51-48-45-42-39-36-33-24-21-18-15-12-9-6-3)65-59(62)53-50-47-44-41-38-35-31-28-26-23-20-17-14-11-8-5-2/h9,12,15,18,21-22,24-25,27,29-30,32-33,36,39,42,56H,4-8,10-11,13-14,16-17,19-20,23,26,28,31,34-35,37-38,40-41,43-55H2,1-3H3/b12-9+,18-15+,24-21+,25-22+,29-27+,32-30+,36-33+,42-39+. The molecule has 0 aliphatic rings. The van der Waals surface area contributed by atoms with Crippen molar-refractivity contribution in [1.29, 1.82) is 0 Å². The Balaban J connectivity index is 4.49. The van der Waals surface area contributed by atoms with E-state index in [0.717, 1.165) is 77.0 Å². The molecule has 0 spiro atoms. The third-order valence-electron chi connectivity index (χ3n) is 11.3. The molecular formula is C59H98O6. The Morgan fingerprint density at radius 2 is 0.615 bits per heavy atom. The number of ether oxygens (including phenoxy) is 3. The Labute approximate surface area is 400 Å². The molecule has 0 aromatic carbocycles. The molecule has 1 atom stereocenters. The van der Waals surface area contributed by atoms with Crippen LogP contribution in [0.5, 0.6) is 0 Å². The zero-order valence-corrected chi connectivity index (χ0v) is 42.2. The number of rotatable bonds is 47. The fraction of sp³-hybridized carbons (Fsp3) is 0.678. The first-order valence-corrected chi connectivity index (χ1v) is 26.8. The monoisotopic (exact) mass is 903 g/mol. The summed E-state index contributed by atoms with van der Waals surface area (Å²) in [5, 5.41) is 0. The Kier molecular flexibility index (Phi) is 50.0. The quantitative estimate of drug-likeness (QED) is 0.0262.